The number of aldehydes is 1. The van der Waals surface area contributed by atoms with E-state index in [-0.39, 0.29) is 23.8 Å². The van der Waals surface area contributed by atoms with Crippen LogP contribution in [0.3, 0.4) is 0 Å². The minimum absolute atomic E-state index is 0.00479. The lowest BCUT2D eigenvalue weighted by Crippen LogP contribution is -2.59. The van der Waals surface area contributed by atoms with E-state index in [1.54, 1.807) is 55.6 Å². The summed E-state index contributed by atoms with van der Waals surface area (Å²) in [6.45, 7) is 1.59. The van der Waals surface area contributed by atoms with E-state index in [9.17, 15) is 18.0 Å². The zero-order chi connectivity index (χ0) is 32.6. The van der Waals surface area contributed by atoms with Crippen molar-refractivity contribution in [3.8, 4) is 11.1 Å². The highest BCUT2D eigenvalue weighted by atomic mass is 35.5. The second-order valence-electron chi connectivity index (χ2n) is 11.7. The van der Waals surface area contributed by atoms with Crippen LogP contribution in [-0.4, -0.2) is 57.7 Å². The summed E-state index contributed by atoms with van der Waals surface area (Å²) in [5, 5.41) is 3.33. The Morgan fingerprint density at radius 2 is 1.78 bits per heavy atom. The molecule has 1 fully saturated rings. The molecule has 1 atom stereocenters. The molecule has 1 aliphatic rings. The first-order chi connectivity index (χ1) is 21.4. The summed E-state index contributed by atoms with van der Waals surface area (Å²) in [5.41, 5.74) is 12.9. The van der Waals surface area contributed by atoms with Crippen LogP contribution in [0, 0.1) is 5.92 Å². The molecule has 3 aromatic rings. The molecule has 1 aliphatic heterocycles. The maximum Gasteiger partial charge on any atom is 0.241 e. The Morgan fingerprint density at radius 3 is 2.47 bits per heavy atom. The number of benzene rings is 3. The number of nitrogens with zero attached hydrogens (tertiary/aromatic N) is 1. The molecular formula is C33H41Cl2N5O4S. The summed E-state index contributed by atoms with van der Waals surface area (Å²) < 4.78 is 30.7. The highest BCUT2D eigenvalue weighted by molar-refractivity contribution is 7.89. The first-order valence-corrected chi connectivity index (χ1v) is 17.3. The first-order valence-electron chi connectivity index (χ1n) is 15.0. The van der Waals surface area contributed by atoms with Crippen LogP contribution < -0.4 is 21.5 Å². The van der Waals surface area contributed by atoms with Crippen LogP contribution in [0.1, 0.15) is 49.4 Å². The molecule has 6 N–H and O–H groups in total. The number of piperidine rings is 1. The summed E-state index contributed by atoms with van der Waals surface area (Å²) in [5.74, 6) is 0.508. The molecule has 12 heteroatoms. The maximum atomic E-state index is 14.0. The topological polar surface area (TPSA) is 148 Å². The van der Waals surface area contributed by atoms with Crippen LogP contribution in [-0.2, 0) is 26.0 Å². The average Bonchev–Trinajstić information content (AvgIpc) is 3.03. The number of nitrogens with one attached hydrogen (secondary N) is 2. The Bertz CT molecular complexity index is 1600. The fourth-order valence-electron chi connectivity index (χ4n) is 5.89. The molecule has 1 saturated heterocycles. The van der Waals surface area contributed by atoms with Gasteiger partial charge in [-0.25, -0.2) is 8.42 Å². The molecule has 0 aromatic heterocycles. The van der Waals surface area contributed by atoms with Crippen LogP contribution >= 0.6 is 23.2 Å². The Balaban J connectivity index is 1.59. The van der Waals surface area contributed by atoms with Gasteiger partial charge in [0.25, 0.3) is 0 Å². The van der Waals surface area contributed by atoms with Gasteiger partial charge in [-0.1, -0.05) is 71.7 Å². The SMILES string of the molecule is CNC(=O)CCCC1CCN(C[C@@](C=O)(Cc2cccc(C(N)N)c2)NS(=O)(=O)c2cccc(-c3cccc(Cl)c3Cl)c2)CC1. The Kier molecular flexibility index (Phi) is 12.2. The molecule has 0 spiro atoms. The summed E-state index contributed by atoms with van der Waals surface area (Å²) in [6, 6.07) is 18.8. The third-order valence-corrected chi connectivity index (χ3v) is 10.7. The van der Waals surface area contributed by atoms with E-state index in [1.807, 2.05) is 6.07 Å². The molecule has 1 heterocycles. The van der Waals surface area contributed by atoms with Crippen molar-refractivity contribution in [2.75, 3.05) is 26.7 Å². The smallest absolute Gasteiger partial charge is 0.241 e. The molecule has 0 unspecified atom stereocenters. The third kappa shape index (κ3) is 9.36. The second-order valence-corrected chi connectivity index (χ2v) is 14.2. The van der Waals surface area contributed by atoms with Gasteiger partial charge < -0.3 is 26.5 Å². The standard InChI is InChI=1S/C33H41Cl2N5O4S/c1-38-30(42)13-3-6-23-14-16-40(17-15-23)21-33(22-41,20-24-7-2-9-26(18-24)32(36)37)39-45(43,44)27-10-4-8-25(19-27)28-11-5-12-29(34)31(28)35/h2,4-5,7-12,18-19,22-23,32,39H,3,6,13-17,20-21,36-37H2,1H3,(H,38,42)/t33-/m1/s1. The zero-order valence-electron chi connectivity index (χ0n) is 25.3. The number of hydrogen-bond donors (Lipinski definition) is 4. The molecule has 3 aromatic carbocycles. The number of rotatable bonds is 14. The molecule has 1 amide bonds. The van der Waals surface area contributed by atoms with E-state index in [2.05, 4.69) is 14.9 Å². The number of amides is 1. The van der Waals surface area contributed by atoms with Crippen molar-refractivity contribution in [2.45, 2.75) is 55.1 Å². The number of halogens is 2. The van der Waals surface area contributed by atoms with Crippen LogP contribution in [0.5, 0.6) is 0 Å². The number of carbonyl (C=O) groups is 2. The van der Waals surface area contributed by atoms with E-state index in [0.29, 0.717) is 58.5 Å². The van der Waals surface area contributed by atoms with Crippen molar-refractivity contribution in [1.82, 2.24) is 14.9 Å². The van der Waals surface area contributed by atoms with Gasteiger partial charge in [-0.15, -0.1) is 0 Å². The number of hydrogen-bond acceptors (Lipinski definition) is 7. The van der Waals surface area contributed by atoms with Crippen LogP contribution in [0.2, 0.25) is 10.0 Å². The highest BCUT2D eigenvalue weighted by Gasteiger charge is 2.38. The van der Waals surface area contributed by atoms with E-state index in [0.717, 1.165) is 31.2 Å². The molecule has 9 nitrogen and oxygen atoms in total. The van der Waals surface area contributed by atoms with E-state index in [1.165, 1.54) is 12.1 Å². The first kappa shape index (κ1) is 35.0. The van der Waals surface area contributed by atoms with Gasteiger partial charge in [0, 0.05) is 25.6 Å². The molecule has 4 rings (SSSR count). The quantitative estimate of drug-likeness (QED) is 0.144. The summed E-state index contributed by atoms with van der Waals surface area (Å²) in [4.78, 5) is 26.8. The van der Waals surface area contributed by atoms with Crippen molar-refractivity contribution in [2.24, 2.45) is 17.4 Å². The van der Waals surface area contributed by atoms with Gasteiger partial charge in [0.2, 0.25) is 15.9 Å². The minimum atomic E-state index is -4.19. The monoisotopic (exact) mass is 673 g/mol. The lowest BCUT2D eigenvalue weighted by Gasteiger charge is -2.38. The molecular weight excluding hydrogens is 633 g/mol. The van der Waals surface area contributed by atoms with Crippen molar-refractivity contribution in [3.05, 3.63) is 87.9 Å². The summed E-state index contributed by atoms with van der Waals surface area (Å²) in [7, 11) is -2.55. The zero-order valence-corrected chi connectivity index (χ0v) is 27.7. The van der Waals surface area contributed by atoms with Crippen molar-refractivity contribution in [3.63, 3.8) is 0 Å². The van der Waals surface area contributed by atoms with Crippen molar-refractivity contribution >= 4 is 45.4 Å². The van der Waals surface area contributed by atoms with Crippen LogP contribution in [0.25, 0.3) is 11.1 Å². The normalized spacial score (nSPS) is 16.0. The molecule has 0 bridgehead atoms. The fraction of sp³-hybridized carbons (Fsp3) is 0.394. The summed E-state index contributed by atoms with van der Waals surface area (Å²) in [6.07, 6.45) is 4.16. The largest absolute Gasteiger partial charge is 0.359 e. The number of sulfonamides is 1. The second kappa shape index (κ2) is 15.6. The van der Waals surface area contributed by atoms with Gasteiger partial charge >= 0.3 is 0 Å². The van der Waals surface area contributed by atoms with E-state index >= 15 is 0 Å². The molecule has 0 saturated carbocycles. The van der Waals surface area contributed by atoms with Gasteiger partial charge in [-0.05, 0) is 86.0 Å². The summed E-state index contributed by atoms with van der Waals surface area (Å²) >= 11 is 12.6. The maximum absolute atomic E-state index is 14.0. The van der Waals surface area contributed by atoms with Gasteiger partial charge in [0.1, 0.15) is 11.8 Å². The van der Waals surface area contributed by atoms with Crippen LogP contribution in [0.4, 0.5) is 0 Å². The Labute approximate surface area is 275 Å². The van der Waals surface area contributed by atoms with Gasteiger partial charge in [-0.3, -0.25) is 4.79 Å². The van der Waals surface area contributed by atoms with Crippen molar-refractivity contribution < 1.29 is 18.0 Å². The predicted molar refractivity (Wildman–Crippen MR) is 179 cm³/mol. The number of nitrogens with two attached hydrogens (primary N) is 2. The number of likely N-dealkylation sites (tertiary alicyclic amines) is 1. The van der Waals surface area contributed by atoms with Gasteiger partial charge in [0.15, 0.2) is 0 Å². The Morgan fingerprint density at radius 1 is 1.07 bits per heavy atom. The number of carbonyl (C=O) groups excluding carboxylic acids is 2. The van der Waals surface area contributed by atoms with E-state index < -0.39 is 21.7 Å². The fourth-order valence-corrected chi connectivity index (χ4v) is 7.68. The third-order valence-electron chi connectivity index (χ3n) is 8.33. The molecule has 242 valence electrons. The Hall–Kier alpha value is -2.83. The van der Waals surface area contributed by atoms with E-state index in [4.69, 9.17) is 34.7 Å². The molecule has 0 aliphatic carbocycles. The predicted octanol–water partition coefficient (Wildman–Crippen LogP) is 4.66. The van der Waals surface area contributed by atoms with Gasteiger partial charge in [0.05, 0.1) is 21.1 Å². The minimum Gasteiger partial charge on any atom is -0.359 e. The average molecular weight is 675 g/mol. The van der Waals surface area contributed by atoms with Crippen molar-refractivity contribution in [1.29, 1.82) is 0 Å². The highest BCUT2D eigenvalue weighted by Crippen LogP contribution is 2.34. The lowest BCUT2D eigenvalue weighted by molar-refractivity contribution is -0.120. The molecule has 45 heavy (non-hydrogen) atoms. The molecule has 0 radical (unpaired) electrons. The van der Waals surface area contributed by atoms with Crippen LogP contribution in [0.15, 0.2) is 71.6 Å². The lowest BCUT2D eigenvalue weighted by atomic mass is 9.88. The van der Waals surface area contributed by atoms with Gasteiger partial charge in [-0.2, -0.15) is 4.72 Å².